The third-order valence-corrected chi connectivity index (χ3v) is 6.77. The van der Waals surface area contributed by atoms with Gasteiger partial charge < -0.3 is 9.47 Å². The largest absolute Gasteiger partial charge is 0.465 e. The summed E-state index contributed by atoms with van der Waals surface area (Å²) in [4.78, 5) is 37.8. The molecule has 4 saturated carbocycles. The summed E-state index contributed by atoms with van der Waals surface area (Å²) in [5.74, 6) is 0.782. The second-order valence-electron chi connectivity index (χ2n) is 8.65. The van der Waals surface area contributed by atoms with Gasteiger partial charge in [0.15, 0.2) is 11.9 Å². The Hall–Kier alpha value is -2.17. The Morgan fingerprint density at radius 1 is 0.926 bits per heavy atom. The number of hydrogen-bond donors (Lipinski definition) is 0. The lowest BCUT2D eigenvalue weighted by Crippen LogP contribution is -2.52. The minimum Gasteiger partial charge on any atom is -0.465 e. The van der Waals surface area contributed by atoms with Crippen LogP contribution >= 0.6 is 0 Å². The predicted octanol–water partition coefficient (Wildman–Crippen LogP) is 3.80. The van der Waals surface area contributed by atoms with E-state index in [1.807, 2.05) is 0 Å². The van der Waals surface area contributed by atoms with Crippen LogP contribution in [0.25, 0.3) is 0 Å². The van der Waals surface area contributed by atoms with Crippen LogP contribution in [0, 0.1) is 23.2 Å². The van der Waals surface area contributed by atoms with E-state index in [1.165, 1.54) is 38.5 Å². The van der Waals surface area contributed by atoms with Crippen molar-refractivity contribution in [2.24, 2.45) is 23.2 Å². The smallest absolute Gasteiger partial charge is 0.339 e. The van der Waals surface area contributed by atoms with Gasteiger partial charge in [-0.15, -0.1) is 0 Å². The van der Waals surface area contributed by atoms with Gasteiger partial charge in [0.2, 0.25) is 0 Å². The van der Waals surface area contributed by atoms with E-state index in [1.54, 1.807) is 19.1 Å². The summed E-state index contributed by atoms with van der Waals surface area (Å²) in [6.45, 7) is 1.67. The quantitative estimate of drug-likeness (QED) is 0.737. The monoisotopic (exact) mass is 370 g/mol. The highest BCUT2D eigenvalue weighted by Crippen LogP contribution is 2.60. The molecule has 4 aliphatic rings. The van der Waals surface area contributed by atoms with Crippen LogP contribution in [0.4, 0.5) is 0 Å². The first-order valence-corrected chi connectivity index (χ1v) is 9.84. The van der Waals surface area contributed by atoms with Gasteiger partial charge in [0.1, 0.15) is 0 Å². The molecule has 1 aromatic carbocycles. The normalized spacial score (nSPS) is 32.0. The number of carbonyl (C=O) groups excluding carboxylic acids is 3. The molecule has 0 N–H and O–H groups in total. The van der Waals surface area contributed by atoms with Gasteiger partial charge in [-0.05, 0) is 75.3 Å². The number of benzene rings is 1. The van der Waals surface area contributed by atoms with Crippen molar-refractivity contribution in [1.82, 2.24) is 0 Å². The number of Topliss-reactive ketones (excluding diaryl/α,β-unsaturated/α-hetero) is 1. The van der Waals surface area contributed by atoms with Crippen LogP contribution in [0.5, 0.6) is 0 Å². The third-order valence-electron chi connectivity index (χ3n) is 6.77. The number of methoxy groups -OCH3 is 1. The molecule has 0 heterocycles. The fourth-order valence-electron chi connectivity index (χ4n) is 6.07. The first kappa shape index (κ1) is 18.2. The van der Waals surface area contributed by atoms with Crippen molar-refractivity contribution in [2.45, 2.75) is 51.6 Å². The van der Waals surface area contributed by atoms with Crippen molar-refractivity contribution in [3.63, 3.8) is 0 Å². The molecule has 1 unspecified atom stereocenters. The number of carbonyl (C=O) groups is 3. The Bertz CT molecular complexity index is 745. The summed E-state index contributed by atoms with van der Waals surface area (Å²) >= 11 is 0. The van der Waals surface area contributed by atoms with Gasteiger partial charge in [-0.3, -0.25) is 4.79 Å². The molecule has 4 fully saturated rings. The maximum atomic E-state index is 13.3. The van der Waals surface area contributed by atoms with Gasteiger partial charge in [-0.1, -0.05) is 12.1 Å². The van der Waals surface area contributed by atoms with Crippen LogP contribution in [-0.2, 0) is 14.3 Å². The van der Waals surface area contributed by atoms with Gasteiger partial charge >= 0.3 is 11.9 Å². The third kappa shape index (κ3) is 3.17. The number of rotatable bonds is 5. The zero-order chi connectivity index (χ0) is 19.2. The second-order valence-corrected chi connectivity index (χ2v) is 8.65. The molecule has 4 aliphatic carbocycles. The zero-order valence-corrected chi connectivity index (χ0v) is 15.9. The van der Waals surface area contributed by atoms with E-state index in [2.05, 4.69) is 0 Å². The van der Waals surface area contributed by atoms with Gasteiger partial charge in [0, 0.05) is 5.41 Å². The highest BCUT2D eigenvalue weighted by atomic mass is 16.5. The molecule has 0 amide bonds. The summed E-state index contributed by atoms with van der Waals surface area (Å²) < 4.78 is 10.3. The second kappa shape index (κ2) is 6.77. The highest BCUT2D eigenvalue weighted by molar-refractivity contribution is 6.04. The van der Waals surface area contributed by atoms with Crippen molar-refractivity contribution in [3.05, 3.63) is 35.4 Å². The van der Waals surface area contributed by atoms with E-state index in [-0.39, 0.29) is 22.3 Å². The Morgan fingerprint density at radius 3 is 1.89 bits per heavy atom. The Balaban J connectivity index is 1.50. The maximum absolute atomic E-state index is 13.3. The Kier molecular flexibility index (Phi) is 4.57. The van der Waals surface area contributed by atoms with Crippen LogP contribution in [-0.4, -0.2) is 30.9 Å². The van der Waals surface area contributed by atoms with E-state index in [9.17, 15) is 14.4 Å². The zero-order valence-electron chi connectivity index (χ0n) is 15.9. The highest BCUT2D eigenvalue weighted by Gasteiger charge is 2.55. The fraction of sp³-hybridized carbons (Fsp3) is 0.591. The standard InChI is InChI=1S/C22H26O5/c1-13(27-21(25)18-6-4-3-5-17(18)20(24)26-2)19(23)22-10-14-7-15(11-22)9-16(8-14)12-22/h3-6,13-16H,7-12H2,1-2H3. The molecule has 4 bridgehead atoms. The molecule has 0 radical (unpaired) electrons. The maximum Gasteiger partial charge on any atom is 0.339 e. The van der Waals surface area contributed by atoms with Crippen molar-refractivity contribution < 1.29 is 23.9 Å². The van der Waals surface area contributed by atoms with Crippen LogP contribution < -0.4 is 0 Å². The minimum atomic E-state index is -0.806. The van der Waals surface area contributed by atoms with Gasteiger partial charge in [-0.25, -0.2) is 9.59 Å². The summed E-state index contributed by atoms with van der Waals surface area (Å²) in [7, 11) is 1.27. The molecule has 1 atom stereocenters. The number of hydrogen-bond acceptors (Lipinski definition) is 5. The molecule has 0 aliphatic heterocycles. The van der Waals surface area contributed by atoms with Crippen LogP contribution in [0.1, 0.15) is 66.2 Å². The van der Waals surface area contributed by atoms with Crippen molar-refractivity contribution >= 4 is 17.7 Å². The van der Waals surface area contributed by atoms with E-state index in [0.29, 0.717) is 17.8 Å². The SMILES string of the molecule is COC(=O)c1ccccc1C(=O)OC(C)C(=O)C12CC3CC(CC(C3)C1)C2. The molecule has 1 aromatic rings. The fourth-order valence-corrected chi connectivity index (χ4v) is 6.07. The molecular weight excluding hydrogens is 344 g/mol. The lowest BCUT2D eigenvalue weighted by molar-refractivity contribution is -0.152. The summed E-state index contributed by atoms with van der Waals surface area (Å²) in [6, 6.07) is 6.37. The molecule has 5 nitrogen and oxygen atoms in total. The van der Waals surface area contributed by atoms with E-state index < -0.39 is 18.0 Å². The lowest BCUT2D eigenvalue weighted by Gasteiger charge is -2.56. The first-order chi connectivity index (χ1) is 12.9. The average molecular weight is 370 g/mol. The lowest BCUT2D eigenvalue weighted by atomic mass is 9.48. The molecule has 0 aromatic heterocycles. The van der Waals surface area contributed by atoms with Crippen molar-refractivity contribution in [1.29, 1.82) is 0 Å². The van der Waals surface area contributed by atoms with Crippen molar-refractivity contribution in [3.8, 4) is 0 Å². The minimum absolute atomic E-state index is 0.0606. The van der Waals surface area contributed by atoms with Gasteiger partial charge in [-0.2, -0.15) is 0 Å². The van der Waals surface area contributed by atoms with Gasteiger partial charge in [0.05, 0.1) is 18.2 Å². The van der Waals surface area contributed by atoms with Crippen LogP contribution in [0.3, 0.4) is 0 Å². The molecule has 27 heavy (non-hydrogen) atoms. The molecule has 144 valence electrons. The Labute approximate surface area is 159 Å². The average Bonchev–Trinajstić information content (AvgIpc) is 2.65. The van der Waals surface area contributed by atoms with Gasteiger partial charge in [0.25, 0.3) is 0 Å². The Morgan fingerprint density at radius 2 is 1.41 bits per heavy atom. The number of ether oxygens (including phenoxy) is 2. The first-order valence-electron chi connectivity index (χ1n) is 9.84. The molecule has 0 saturated heterocycles. The van der Waals surface area contributed by atoms with E-state index in [0.717, 1.165) is 19.3 Å². The molecular formula is C22H26O5. The summed E-state index contributed by atoms with van der Waals surface area (Å²) in [6.07, 6.45) is 5.79. The topological polar surface area (TPSA) is 69.7 Å². The number of esters is 2. The van der Waals surface area contributed by atoms with Crippen LogP contribution in [0.2, 0.25) is 0 Å². The van der Waals surface area contributed by atoms with Crippen LogP contribution in [0.15, 0.2) is 24.3 Å². The van der Waals surface area contributed by atoms with E-state index >= 15 is 0 Å². The molecule has 5 rings (SSSR count). The van der Waals surface area contributed by atoms with Crippen molar-refractivity contribution in [2.75, 3.05) is 7.11 Å². The van der Waals surface area contributed by atoms with E-state index in [4.69, 9.17) is 9.47 Å². The predicted molar refractivity (Wildman–Crippen MR) is 98.3 cm³/mol. The molecule has 5 heteroatoms. The number of ketones is 1. The molecule has 0 spiro atoms. The summed E-state index contributed by atoms with van der Waals surface area (Å²) in [5.41, 5.74) is -0.0231. The summed E-state index contributed by atoms with van der Waals surface area (Å²) in [5, 5.41) is 0.